The molecule has 2 saturated heterocycles. The number of nitrogens with one attached hydrogen (secondary N) is 3. The maximum Gasteiger partial charge on any atom is 0.342 e. The number of ether oxygens (including phenoxy) is 1. The highest BCUT2D eigenvalue weighted by Gasteiger charge is 2.37. The molecule has 3 N–H and O–H groups in total. The number of carbonyl (C=O) groups is 3. The highest BCUT2D eigenvalue weighted by Crippen LogP contribution is 2.39. The molecule has 0 bridgehead atoms. The number of imide groups is 1. The lowest BCUT2D eigenvalue weighted by Gasteiger charge is -2.38. The second-order valence-electron chi connectivity index (χ2n) is 14.1. The number of carbonyl (C=O) groups excluding carboxylic acids is 3. The Labute approximate surface area is 319 Å². The molecule has 16 heteroatoms. The first kappa shape index (κ1) is 37.2. The fourth-order valence-electron chi connectivity index (χ4n) is 7.21. The molecule has 4 heterocycles. The molecule has 3 aromatic carbocycles. The summed E-state index contributed by atoms with van der Waals surface area (Å²) < 4.78 is 18.7. The minimum atomic E-state index is -2.55. The predicted octanol–water partition coefficient (Wildman–Crippen LogP) is 5.79. The topological polar surface area (TPSA) is 152 Å². The number of rotatable bonds is 11. The number of benzene rings is 3. The summed E-state index contributed by atoms with van der Waals surface area (Å²) in [5.41, 5.74) is 4.99. The van der Waals surface area contributed by atoms with Gasteiger partial charge in [0.1, 0.15) is 17.9 Å². The molecule has 3 aliphatic rings. The monoisotopic (exact) mass is 771 g/mol. The van der Waals surface area contributed by atoms with E-state index in [0.717, 1.165) is 49.3 Å². The van der Waals surface area contributed by atoms with Crippen molar-refractivity contribution in [3.05, 3.63) is 88.6 Å². The molecular weight excluding hydrogens is 729 g/mol. The van der Waals surface area contributed by atoms with E-state index >= 15 is 0 Å². The smallest absolute Gasteiger partial charge is 0.342 e. The van der Waals surface area contributed by atoms with E-state index in [0.29, 0.717) is 57.4 Å². The molecular formula is C38H43ClN9O5P. The minimum Gasteiger partial charge on any atom is -0.494 e. The highest BCUT2D eigenvalue weighted by atomic mass is 35.5. The predicted molar refractivity (Wildman–Crippen MR) is 210 cm³/mol. The molecule has 1 aromatic heterocycles. The van der Waals surface area contributed by atoms with E-state index in [1.165, 1.54) is 16.2 Å². The Morgan fingerprint density at radius 1 is 0.981 bits per heavy atom. The maximum atomic E-state index is 13.1. The highest BCUT2D eigenvalue weighted by molar-refractivity contribution is 7.70. The lowest BCUT2D eigenvalue weighted by molar-refractivity contribution is -0.123. The summed E-state index contributed by atoms with van der Waals surface area (Å²) in [6, 6.07) is 19.1. The fourth-order valence-corrected chi connectivity index (χ4v) is 8.51. The molecule has 4 aromatic rings. The third-order valence-corrected chi connectivity index (χ3v) is 11.9. The Hall–Kier alpha value is -5.17. The first-order valence-electron chi connectivity index (χ1n) is 17.8. The van der Waals surface area contributed by atoms with Gasteiger partial charge < -0.3 is 24.8 Å². The SMILES string of the molecule is COc1cc(N2CCC(N(C)Cc3ccc4c(c3)CN(N3CCC(=O)NC3=O)C4=O)CC2)ccc1Nc1ncc(Cl)c(Nc2ccccc2P(C)(C)=O)n1. The van der Waals surface area contributed by atoms with Crippen LogP contribution in [-0.4, -0.2) is 95.9 Å². The Kier molecular flexibility index (Phi) is 10.5. The molecule has 0 unspecified atom stereocenters. The van der Waals surface area contributed by atoms with Crippen molar-refractivity contribution in [1.82, 2.24) is 30.2 Å². The zero-order chi connectivity index (χ0) is 38.1. The maximum absolute atomic E-state index is 13.1. The van der Waals surface area contributed by atoms with Gasteiger partial charge in [-0.05, 0) is 74.7 Å². The largest absolute Gasteiger partial charge is 0.494 e. The first-order chi connectivity index (χ1) is 25.9. The van der Waals surface area contributed by atoms with E-state index in [1.807, 2.05) is 48.5 Å². The summed E-state index contributed by atoms with van der Waals surface area (Å²) in [6.07, 6.45) is 3.63. The van der Waals surface area contributed by atoms with Gasteiger partial charge in [0.25, 0.3) is 5.91 Å². The van der Waals surface area contributed by atoms with Gasteiger partial charge in [-0.3, -0.25) is 19.8 Å². The van der Waals surface area contributed by atoms with Gasteiger partial charge in [-0.25, -0.2) is 19.8 Å². The van der Waals surface area contributed by atoms with E-state index in [4.69, 9.17) is 16.3 Å². The molecule has 7 rings (SSSR count). The molecule has 4 amide bonds. The molecule has 14 nitrogen and oxygen atoms in total. The summed E-state index contributed by atoms with van der Waals surface area (Å²) in [5, 5.41) is 12.6. The number of anilines is 5. The van der Waals surface area contributed by atoms with Crippen molar-refractivity contribution in [2.45, 2.75) is 38.4 Å². The Bertz CT molecular complexity index is 2160. The van der Waals surface area contributed by atoms with Gasteiger partial charge in [0.2, 0.25) is 11.9 Å². The number of piperidine rings is 1. The van der Waals surface area contributed by atoms with Crippen molar-refractivity contribution in [2.24, 2.45) is 0 Å². The summed E-state index contributed by atoms with van der Waals surface area (Å²) in [6.45, 7) is 6.41. The third-order valence-electron chi connectivity index (χ3n) is 10.1. The third kappa shape index (κ3) is 7.87. The normalized spacial score (nSPS) is 16.5. The number of nitrogens with zero attached hydrogens (tertiary/aromatic N) is 6. The van der Waals surface area contributed by atoms with E-state index in [1.54, 1.807) is 20.4 Å². The second kappa shape index (κ2) is 15.3. The molecule has 0 saturated carbocycles. The van der Waals surface area contributed by atoms with Gasteiger partial charge in [0, 0.05) is 54.7 Å². The lowest BCUT2D eigenvalue weighted by atomic mass is 10.0. The number of urea groups is 1. The van der Waals surface area contributed by atoms with Crippen LogP contribution in [0.4, 0.5) is 33.6 Å². The summed E-state index contributed by atoms with van der Waals surface area (Å²) >= 11 is 6.46. The van der Waals surface area contributed by atoms with Crippen molar-refractivity contribution < 1.29 is 23.7 Å². The van der Waals surface area contributed by atoms with Crippen molar-refractivity contribution in [3.8, 4) is 5.75 Å². The number of amides is 4. The van der Waals surface area contributed by atoms with Gasteiger partial charge in [-0.2, -0.15) is 4.98 Å². The van der Waals surface area contributed by atoms with Crippen LogP contribution in [0, 0.1) is 0 Å². The van der Waals surface area contributed by atoms with Crippen LogP contribution in [0.5, 0.6) is 5.75 Å². The van der Waals surface area contributed by atoms with Crippen LogP contribution in [0.3, 0.4) is 0 Å². The molecule has 3 aliphatic heterocycles. The zero-order valence-electron chi connectivity index (χ0n) is 30.6. The zero-order valence-corrected chi connectivity index (χ0v) is 32.3. The number of aromatic nitrogens is 2. The molecule has 0 spiro atoms. The molecule has 0 aliphatic carbocycles. The number of fused-ring (bicyclic) bond motifs is 1. The van der Waals surface area contributed by atoms with Crippen molar-refractivity contribution in [1.29, 1.82) is 0 Å². The van der Waals surface area contributed by atoms with E-state index in [9.17, 15) is 18.9 Å². The van der Waals surface area contributed by atoms with E-state index in [2.05, 4.69) is 54.9 Å². The lowest BCUT2D eigenvalue weighted by Crippen LogP contribution is -2.56. The quantitative estimate of drug-likeness (QED) is 0.159. The molecule has 0 radical (unpaired) electrons. The molecule has 2 fully saturated rings. The average molecular weight is 772 g/mol. The Morgan fingerprint density at radius 3 is 2.50 bits per heavy atom. The van der Waals surface area contributed by atoms with Gasteiger partial charge in [-0.15, -0.1) is 0 Å². The van der Waals surface area contributed by atoms with Crippen LogP contribution >= 0.6 is 18.7 Å². The van der Waals surface area contributed by atoms with Crippen LogP contribution in [0.1, 0.15) is 40.7 Å². The summed E-state index contributed by atoms with van der Waals surface area (Å²) in [4.78, 5) is 50.7. The minimum absolute atomic E-state index is 0.165. The Balaban J connectivity index is 0.956. The van der Waals surface area contributed by atoms with Crippen LogP contribution in [-0.2, 0) is 22.4 Å². The summed E-state index contributed by atoms with van der Waals surface area (Å²) in [7, 11) is 1.21. The second-order valence-corrected chi connectivity index (χ2v) is 17.7. The van der Waals surface area contributed by atoms with Crippen molar-refractivity contribution in [3.63, 3.8) is 0 Å². The number of hydrogen-bond donors (Lipinski definition) is 3. The van der Waals surface area contributed by atoms with Crippen LogP contribution < -0.4 is 30.9 Å². The van der Waals surface area contributed by atoms with Gasteiger partial charge >= 0.3 is 6.03 Å². The number of halogens is 1. The van der Waals surface area contributed by atoms with Crippen LogP contribution in [0.15, 0.2) is 66.9 Å². The van der Waals surface area contributed by atoms with Crippen molar-refractivity contribution >= 4 is 70.7 Å². The van der Waals surface area contributed by atoms with Crippen LogP contribution in [0.25, 0.3) is 0 Å². The Morgan fingerprint density at radius 2 is 1.76 bits per heavy atom. The van der Waals surface area contributed by atoms with Crippen LogP contribution in [0.2, 0.25) is 5.02 Å². The standard InChI is InChI=1S/C38H43ClN9O5P/c1-45(22-24-9-11-28-25(19-24)23-48(36(28)50)47-18-15-34(49)43-38(47)51)26-13-16-46(17-14-26)27-10-12-30(32(20-27)53-2)42-37-40-21-29(39)35(44-37)41-31-7-5-6-8-33(31)54(3,4)52/h5-12,19-21,26H,13-18,22-23H2,1-4H3,(H,43,49,51)(H2,40,41,42,44). The van der Waals surface area contributed by atoms with Gasteiger partial charge in [0.15, 0.2) is 5.82 Å². The molecule has 282 valence electrons. The van der Waals surface area contributed by atoms with E-state index in [-0.39, 0.29) is 24.8 Å². The molecule has 0 atom stereocenters. The van der Waals surface area contributed by atoms with Gasteiger partial charge in [0.05, 0.1) is 37.8 Å². The van der Waals surface area contributed by atoms with E-state index < -0.39 is 13.2 Å². The van der Waals surface area contributed by atoms with Crippen molar-refractivity contribution in [2.75, 3.05) is 62.7 Å². The number of hydrogen-bond acceptors (Lipinski definition) is 11. The fraction of sp³-hybridized carbons (Fsp3) is 0.342. The number of para-hydroxylation sites is 1. The average Bonchev–Trinajstić information content (AvgIpc) is 3.47. The number of hydrazine groups is 1. The first-order valence-corrected chi connectivity index (χ1v) is 20.7. The molecule has 54 heavy (non-hydrogen) atoms. The van der Waals surface area contributed by atoms with Gasteiger partial charge in [-0.1, -0.05) is 35.9 Å². The number of methoxy groups -OCH3 is 1. The summed E-state index contributed by atoms with van der Waals surface area (Å²) in [5.74, 6) is 0.796.